The predicted molar refractivity (Wildman–Crippen MR) is 143 cm³/mol. The Bertz CT molecular complexity index is 901. The molecule has 2 N–H and O–H groups in total. The summed E-state index contributed by atoms with van der Waals surface area (Å²) in [5, 5.41) is 13.5. The van der Waals surface area contributed by atoms with E-state index in [4.69, 9.17) is 14.7 Å². The highest BCUT2D eigenvalue weighted by Gasteiger charge is 2.15. The first-order valence-electron chi connectivity index (χ1n) is 13.2. The van der Waals surface area contributed by atoms with Gasteiger partial charge in [-0.1, -0.05) is 89.0 Å². The van der Waals surface area contributed by atoms with E-state index in [-0.39, 0.29) is 5.91 Å². The second-order valence-corrected chi connectivity index (χ2v) is 9.01. The van der Waals surface area contributed by atoms with E-state index in [1.807, 2.05) is 24.3 Å². The van der Waals surface area contributed by atoms with Crippen LogP contribution in [0.15, 0.2) is 48.5 Å². The van der Waals surface area contributed by atoms with Crippen LogP contribution in [0.4, 0.5) is 5.69 Å². The normalized spacial score (nSPS) is 10.7. The number of amides is 1. The molecule has 0 aliphatic heterocycles. The van der Waals surface area contributed by atoms with Crippen molar-refractivity contribution in [3.8, 4) is 5.75 Å². The van der Waals surface area contributed by atoms with Crippen molar-refractivity contribution in [1.82, 2.24) is 5.32 Å². The minimum Gasteiger partial charge on any atom is -0.494 e. The summed E-state index contributed by atoms with van der Waals surface area (Å²) in [7, 11) is 1.55. The van der Waals surface area contributed by atoms with Gasteiger partial charge in [-0.3, -0.25) is 9.63 Å². The monoisotopic (exact) mass is 498 g/mol. The molecular formula is C29H42N2O5. The average Bonchev–Trinajstić information content (AvgIpc) is 2.89. The second-order valence-electron chi connectivity index (χ2n) is 9.01. The number of para-hydroxylation sites is 2. The quantitative estimate of drug-likeness (QED) is 0.173. The van der Waals surface area contributed by atoms with Gasteiger partial charge in [0.05, 0.1) is 13.7 Å². The van der Waals surface area contributed by atoms with E-state index in [1.54, 1.807) is 31.4 Å². The molecule has 2 rings (SSSR count). The zero-order valence-electron chi connectivity index (χ0n) is 21.8. The van der Waals surface area contributed by atoms with Gasteiger partial charge in [-0.25, -0.2) is 9.86 Å². The molecule has 0 saturated heterocycles. The number of hydrogen-bond donors (Lipinski definition) is 2. The summed E-state index contributed by atoms with van der Waals surface area (Å²) in [4.78, 5) is 29.1. The number of carbonyl (C=O) groups excluding carboxylic acids is 1. The van der Waals surface area contributed by atoms with Crippen molar-refractivity contribution in [1.29, 1.82) is 0 Å². The van der Waals surface area contributed by atoms with Crippen molar-refractivity contribution >= 4 is 17.6 Å². The van der Waals surface area contributed by atoms with Crippen LogP contribution in [-0.2, 0) is 16.2 Å². The average molecular weight is 499 g/mol. The number of anilines is 1. The van der Waals surface area contributed by atoms with Crippen LogP contribution < -0.4 is 15.1 Å². The number of carbonyl (C=O) groups is 2. The third-order valence-electron chi connectivity index (χ3n) is 6.06. The van der Waals surface area contributed by atoms with E-state index < -0.39 is 12.6 Å². The Labute approximate surface area is 215 Å². The van der Waals surface area contributed by atoms with Gasteiger partial charge in [-0.2, -0.15) is 0 Å². The van der Waals surface area contributed by atoms with E-state index in [0.29, 0.717) is 30.1 Å². The van der Waals surface area contributed by atoms with E-state index >= 15 is 0 Å². The number of rotatable bonds is 19. The highest BCUT2D eigenvalue weighted by atomic mass is 16.7. The number of carboxylic acids is 1. The molecule has 0 bridgehead atoms. The molecule has 198 valence electrons. The zero-order valence-corrected chi connectivity index (χ0v) is 21.8. The van der Waals surface area contributed by atoms with Crippen LogP contribution in [0.2, 0.25) is 0 Å². The molecule has 7 nitrogen and oxygen atoms in total. The Morgan fingerprint density at radius 3 is 2.08 bits per heavy atom. The lowest BCUT2D eigenvalue weighted by Crippen LogP contribution is -2.27. The fraction of sp³-hybridized carbons (Fsp3) is 0.517. The molecule has 0 saturated carbocycles. The van der Waals surface area contributed by atoms with Gasteiger partial charge in [0.25, 0.3) is 5.91 Å². The number of aliphatic carboxylic acids is 1. The molecular weight excluding hydrogens is 456 g/mol. The lowest BCUT2D eigenvalue weighted by molar-refractivity contribution is -0.142. The predicted octanol–water partition coefficient (Wildman–Crippen LogP) is 6.37. The molecule has 0 radical (unpaired) electrons. The van der Waals surface area contributed by atoms with Crippen molar-refractivity contribution in [3.63, 3.8) is 0 Å². The van der Waals surface area contributed by atoms with Crippen LogP contribution in [0.5, 0.6) is 5.75 Å². The van der Waals surface area contributed by atoms with Gasteiger partial charge in [0.1, 0.15) is 11.4 Å². The van der Waals surface area contributed by atoms with Gasteiger partial charge < -0.3 is 15.2 Å². The maximum Gasteiger partial charge on any atom is 0.332 e. The van der Waals surface area contributed by atoms with E-state index in [0.717, 1.165) is 18.4 Å². The smallest absolute Gasteiger partial charge is 0.332 e. The Hall–Kier alpha value is -3.06. The maximum absolute atomic E-state index is 12.5. The fourth-order valence-electron chi connectivity index (χ4n) is 4.01. The van der Waals surface area contributed by atoms with Crippen LogP contribution in [0, 0.1) is 0 Å². The largest absolute Gasteiger partial charge is 0.494 e. The van der Waals surface area contributed by atoms with Crippen molar-refractivity contribution in [2.45, 2.75) is 77.7 Å². The number of benzene rings is 2. The van der Waals surface area contributed by atoms with Gasteiger partial charge in [0.15, 0.2) is 6.61 Å². The molecule has 36 heavy (non-hydrogen) atoms. The van der Waals surface area contributed by atoms with Gasteiger partial charge in [-0.05, 0) is 36.2 Å². The molecule has 0 spiro atoms. The third-order valence-corrected chi connectivity index (χ3v) is 6.06. The number of hydrogen-bond acceptors (Lipinski definition) is 5. The van der Waals surface area contributed by atoms with Crippen LogP contribution in [0.25, 0.3) is 0 Å². The molecule has 2 aromatic carbocycles. The first kappa shape index (κ1) is 29.2. The molecule has 0 aromatic heterocycles. The Morgan fingerprint density at radius 2 is 1.47 bits per heavy atom. The standard InChI is InChI=1S/C29H42N2O5/c1-3-4-5-6-7-8-9-10-11-14-21-30-29(34)25-19-17-24(18-20-25)22-31(36-23-28(32)33)26-15-12-13-16-27(26)35-2/h12-13,15-20H,3-11,14,21-23H2,1-2H3,(H,30,34)(H,32,33). The fourth-order valence-corrected chi connectivity index (χ4v) is 4.01. The van der Waals surface area contributed by atoms with Crippen LogP contribution in [-0.4, -0.2) is 37.2 Å². The molecule has 0 atom stereocenters. The minimum absolute atomic E-state index is 0.0822. The van der Waals surface area contributed by atoms with E-state index in [1.165, 1.54) is 56.4 Å². The third kappa shape index (κ3) is 11.1. The Balaban J connectivity index is 1.77. The number of hydroxylamine groups is 1. The molecule has 7 heteroatoms. The number of methoxy groups -OCH3 is 1. The maximum atomic E-state index is 12.5. The Morgan fingerprint density at radius 1 is 0.861 bits per heavy atom. The van der Waals surface area contributed by atoms with Crippen LogP contribution in [0.3, 0.4) is 0 Å². The number of ether oxygens (including phenoxy) is 1. The number of carboxylic acid groups (broad SMARTS) is 1. The number of unbranched alkanes of at least 4 members (excludes halogenated alkanes) is 9. The molecule has 0 heterocycles. The summed E-state index contributed by atoms with van der Waals surface area (Å²) in [6, 6.07) is 14.5. The van der Waals surface area contributed by atoms with Crippen molar-refractivity contribution in [2.75, 3.05) is 25.3 Å². The molecule has 0 aliphatic rings. The number of nitrogens with zero attached hydrogens (tertiary/aromatic N) is 1. The van der Waals surface area contributed by atoms with Crippen molar-refractivity contribution in [2.24, 2.45) is 0 Å². The van der Waals surface area contributed by atoms with Crippen molar-refractivity contribution in [3.05, 3.63) is 59.7 Å². The molecule has 0 fully saturated rings. The molecule has 0 aliphatic carbocycles. The van der Waals surface area contributed by atoms with Gasteiger partial charge in [0.2, 0.25) is 0 Å². The summed E-state index contributed by atoms with van der Waals surface area (Å²) in [6.45, 7) is 2.75. The number of nitrogens with one attached hydrogen (secondary N) is 1. The zero-order chi connectivity index (χ0) is 26.0. The van der Waals surface area contributed by atoms with E-state index in [2.05, 4.69) is 12.2 Å². The molecule has 2 aromatic rings. The Kier molecular flexibility index (Phi) is 14.1. The van der Waals surface area contributed by atoms with E-state index in [9.17, 15) is 9.59 Å². The second kappa shape index (κ2) is 17.4. The first-order valence-corrected chi connectivity index (χ1v) is 13.2. The van der Waals surface area contributed by atoms with Crippen LogP contribution >= 0.6 is 0 Å². The van der Waals surface area contributed by atoms with Crippen LogP contribution in [0.1, 0.15) is 87.1 Å². The van der Waals surface area contributed by atoms with Gasteiger partial charge in [-0.15, -0.1) is 0 Å². The van der Waals surface area contributed by atoms with Crippen molar-refractivity contribution < 1.29 is 24.3 Å². The summed E-state index contributed by atoms with van der Waals surface area (Å²) in [5.41, 5.74) is 2.10. The van der Waals surface area contributed by atoms with Gasteiger partial charge in [0, 0.05) is 12.1 Å². The molecule has 0 unspecified atom stereocenters. The lowest BCUT2D eigenvalue weighted by atomic mass is 10.1. The SMILES string of the molecule is CCCCCCCCCCCCNC(=O)c1ccc(CN(OCC(=O)O)c2ccccc2OC)cc1. The highest BCUT2D eigenvalue weighted by Crippen LogP contribution is 2.29. The summed E-state index contributed by atoms with van der Waals surface area (Å²) < 4.78 is 5.39. The minimum atomic E-state index is -1.07. The topological polar surface area (TPSA) is 88.1 Å². The lowest BCUT2D eigenvalue weighted by Gasteiger charge is -2.25. The summed E-state index contributed by atoms with van der Waals surface area (Å²) in [5.74, 6) is -0.573. The highest BCUT2D eigenvalue weighted by molar-refractivity contribution is 5.94. The summed E-state index contributed by atoms with van der Waals surface area (Å²) in [6.07, 6.45) is 12.7. The first-order chi connectivity index (χ1) is 17.5. The molecule has 1 amide bonds. The van der Waals surface area contributed by atoms with Gasteiger partial charge >= 0.3 is 5.97 Å². The summed E-state index contributed by atoms with van der Waals surface area (Å²) >= 11 is 0.